The van der Waals surface area contributed by atoms with E-state index < -0.39 is 5.97 Å². The van der Waals surface area contributed by atoms with Crippen molar-refractivity contribution in [2.75, 3.05) is 20.8 Å². The Hall–Kier alpha value is -2.57. The van der Waals surface area contributed by atoms with E-state index in [-0.39, 0.29) is 18.3 Å². The van der Waals surface area contributed by atoms with Crippen molar-refractivity contribution in [2.45, 2.75) is 6.92 Å². The number of nitrogens with zero attached hydrogens (tertiary/aromatic N) is 2. The van der Waals surface area contributed by atoms with Crippen molar-refractivity contribution in [3.05, 3.63) is 24.0 Å². The largest absolute Gasteiger partial charge is 0.496 e. The summed E-state index contributed by atoms with van der Waals surface area (Å²) in [5, 5.41) is 3.59. The first-order valence-corrected chi connectivity index (χ1v) is 5.93. The Bertz CT molecular complexity index is 586. The molecule has 20 heavy (non-hydrogen) atoms. The van der Waals surface area contributed by atoms with E-state index >= 15 is 0 Å². The molecule has 1 aromatic carbocycles. The molecule has 0 radical (unpaired) electrons. The molecule has 106 valence electrons. The summed E-state index contributed by atoms with van der Waals surface area (Å²) in [6.07, 6.45) is 0. The summed E-state index contributed by atoms with van der Waals surface area (Å²) >= 11 is 0. The van der Waals surface area contributed by atoms with Gasteiger partial charge in [-0.05, 0) is 24.2 Å². The van der Waals surface area contributed by atoms with Gasteiger partial charge in [-0.15, -0.1) is 0 Å². The van der Waals surface area contributed by atoms with E-state index in [0.717, 1.165) is 0 Å². The van der Waals surface area contributed by atoms with Gasteiger partial charge in [-0.25, -0.2) is 4.79 Å². The zero-order chi connectivity index (χ0) is 14.5. The van der Waals surface area contributed by atoms with Crippen molar-refractivity contribution < 1.29 is 23.5 Å². The van der Waals surface area contributed by atoms with E-state index in [1.165, 1.54) is 14.2 Å². The standard InChI is InChI=1S/C13H14N2O5/c1-4-19-13(16)11-14-12(20-15-11)10-8(17-2)6-5-7-9(10)18-3/h5-7H,4H2,1-3H3. The minimum absolute atomic E-state index is 0.127. The van der Waals surface area contributed by atoms with Gasteiger partial charge in [-0.3, -0.25) is 0 Å². The number of carbonyl (C=O) groups is 1. The van der Waals surface area contributed by atoms with Crippen LogP contribution in [0.2, 0.25) is 0 Å². The van der Waals surface area contributed by atoms with Crippen LogP contribution in [0.4, 0.5) is 0 Å². The highest BCUT2D eigenvalue weighted by atomic mass is 16.5. The first-order chi connectivity index (χ1) is 9.71. The van der Waals surface area contributed by atoms with Crippen molar-refractivity contribution in [2.24, 2.45) is 0 Å². The first-order valence-electron chi connectivity index (χ1n) is 5.93. The minimum atomic E-state index is -0.642. The first kappa shape index (κ1) is 13.9. The van der Waals surface area contributed by atoms with E-state index in [9.17, 15) is 4.79 Å². The van der Waals surface area contributed by atoms with Crippen molar-refractivity contribution in [1.29, 1.82) is 0 Å². The Balaban J connectivity index is 2.44. The van der Waals surface area contributed by atoms with Gasteiger partial charge in [0.15, 0.2) is 0 Å². The lowest BCUT2D eigenvalue weighted by atomic mass is 10.1. The maximum atomic E-state index is 11.5. The summed E-state index contributed by atoms with van der Waals surface area (Å²) in [6, 6.07) is 5.22. The van der Waals surface area contributed by atoms with Gasteiger partial charge >= 0.3 is 5.97 Å². The van der Waals surface area contributed by atoms with Crippen LogP contribution in [0.5, 0.6) is 11.5 Å². The predicted molar refractivity (Wildman–Crippen MR) is 68.8 cm³/mol. The Kier molecular flexibility index (Phi) is 4.19. The van der Waals surface area contributed by atoms with Crippen LogP contribution < -0.4 is 9.47 Å². The van der Waals surface area contributed by atoms with E-state index in [2.05, 4.69) is 10.1 Å². The lowest BCUT2D eigenvalue weighted by Crippen LogP contribution is -2.06. The summed E-state index contributed by atoms with van der Waals surface area (Å²) < 4.78 is 20.4. The fourth-order valence-corrected chi connectivity index (χ4v) is 1.67. The van der Waals surface area contributed by atoms with Crippen molar-refractivity contribution >= 4 is 5.97 Å². The molecule has 0 aliphatic rings. The van der Waals surface area contributed by atoms with Crippen LogP contribution in [0.3, 0.4) is 0 Å². The maximum absolute atomic E-state index is 11.5. The normalized spacial score (nSPS) is 10.2. The SMILES string of the molecule is CCOC(=O)c1noc(-c2c(OC)cccc2OC)n1. The molecule has 0 bridgehead atoms. The molecule has 0 saturated carbocycles. The summed E-state index contributed by atoms with van der Waals surface area (Å²) in [5.41, 5.74) is 0.487. The quantitative estimate of drug-likeness (QED) is 0.772. The number of rotatable bonds is 5. The molecule has 0 fully saturated rings. The van der Waals surface area contributed by atoms with Crippen LogP contribution >= 0.6 is 0 Å². The molecular formula is C13H14N2O5. The molecule has 0 unspecified atom stereocenters. The highest BCUT2D eigenvalue weighted by Gasteiger charge is 2.22. The van der Waals surface area contributed by atoms with Crippen LogP contribution in [0.15, 0.2) is 22.7 Å². The minimum Gasteiger partial charge on any atom is -0.496 e. The Morgan fingerprint density at radius 3 is 2.45 bits per heavy atom. The van der Waals surface area contributed by atoms with Crippen molar-refractivity contribution in [1.82, 2.24) is 10.1 Å². The number of carbonyl (C=O) groups excluding carboxylic acids is 1. The van der Waals surface area contributed by atoms with E-state index in [0.29, 0.717) is 17.1 Å². The van der Waals surface area contributed by atoms with Gasteiger partial charge in [0, 0.05) is 0 Å². The zero-order valence-corrected chi connectivity index (χ0v) is 11.4. The number of esters is 1. The van der Waals surface area contributed by atoms with Crippen LogP contribution in [-0.2, 0) is 4.74 Å². The highest BCUT2D eigenvalue weighted by molar-refractivity contribution is 5.85. The van der Waals surface area contributed by atoms with Crippen molar-refractivity contribution in [3.8, 4) is 23.0 Å². The highest BCUT2D eigenvalue weighted by Crippen LogP contribution is 2.37. The predicted octanol–water partition coefficient (Wildman–Crippen LogP) is 1.93. The molecule has 2 rings (SSSR count). The lowest BCUT2D eigenvalue weighted by Gasteiger charge is -2.09. The lowest BCUT2D eigenvalue weighted by molar-refractivity contribution is 0.0508. The van der Waals surface area contributed by atoms with Gasteiger partial charge in [0.1, 0.15) is 17.1 Å². The van der Waals surface area contributed by atoms with E-state index in [1.807, 2.05) is 0 Å². The monoisotopic (exact) mass is 278 g/mol. The van der Waals surface area contributed by atoms with Gasteiger partial charge in [-0.1, -0.05) is 6.07 Å². The third kappa shape index (κ3) is 2.56. The molecular weight excluding hydrogens is 264 g/mol. The zero-order valence-electron chi connectivity index (χ0n) is 11.4. The molecule has 7 nitrogen and oxygen atoms in total. The maximum Gasteiger partial charge on any atom is 0.379 e. The molecule has 0 aliphatic carbocycles. The summed E-state index contributed by atoms with van der Waals surface area (Å²) in [7, 11) is 3.03. The van der Waals surface area contributed by atoms with E-state index in [1.54, 1.807) is 25.1 Å². The molecule has 1 heterocycles. The second-order valence-electron chi connectivity index (χ2n) is 3.68. The number of benzene rings is 1. The third-order valence-corrected chi connectivity index (χ3v) is 2.53. The van der Waals surface area contributed by atoms with Gasteiger partial charge in [0.25, 0.3) is 11.7 Å². The topological polar surface area (TPSA) is 83.7 Å². The van der Waals surface area contributed by atoms with Crippen molar-refractivity contribution in [3.63, 3.8) is 0 Å². The Morgan fingerprint density at radius 1 is 1.25 bits per heavy atom. The summed E-state index contributed by atoms with van der Waals surface area (Å²) in [6.45, 7) is 1.93. The smallest absolute Gasteiger partial charge is 0.379 e. The Morgan fingerprint density at radius 2 is 1.90 bits per heavy atom. The van der Waals surface area contributed by atoms with Crippen LogP contribution in [-0.4, -0.2) is 36.9 Å². The number of methoxy groups -OCH3 is 2. The van der Waals surface area contributed by atoms with Gasteiger partial charge < -0.3 is 18.7 Å². The van der Waals surface area contributed by atoms with Crippen LogP contribution in [0, 0.1) is 0 Å². The number of hydrogen-bond donors (Lipinski definition) is 0. The molecule has 2 aromatic rings. The van der Waals surface area contributed by atoms with Gasteiger partial charge in [-0.2, -0.15) is 4.98 Å². The molecule has 0 aliphatic heterocycles. The molecule has 1 aromatic heterocycles. The van der Waals surface area contributed by atoms with Crippen LogP contribution in [0.25, 0.3) is 11.5 Å². The summed E-state index contributed by atoms with van der Waals surface area (Å²) in [5.74, 6) is 0.348. The van der Waals surface area contributed by atoms with Crippen LogP contribution in [0.1, 0.15) is 17.5 Å². The number of aromatic nitrogens is 2. The molecule has 7 heteroatoms. The second-order valence-corrected chi connectivity index (χ2v) is 3.68. The fraction of sp³-hybridized carbons (Fsp3) is 0.308. The molecule has 0 spiro atoms. The molecule has 0 amide bonds. The Labute approximate surface area is 115 Å². The number of hydrogen-bond acceptors (Lipinski definition) is 7. The number of ether oxygens (including phenoxy) is 3. The van der Waals surface area contributed by atoms with Gasteiger partial charge in [0.05, 0.1) is 20.8 Å². The molecule has 0 atom stereocenters. The van der Waals surface area contributed by atoms with Gasteiger partial charge in [0.2, 0.25) is 0 Å². The fourth-order valence-electron chi connectivity index (χ4n) is 1.67. The second kappa shape index (κ2) is 6.05. The average Bonchev–Trinajstić information content (AvgIpc) is 2.96. The average molecular weight is 278 g/mol. The summed E-state index contributed by atoms with van der Waals surface area (Å²) in [4.78, 5) is 15.5. The van der Waals surface area contributed by atoms with E-state index in [4.69, 9.17) is 18.7 Å². The molecule has 0 N–H and O–H groups in total. The third-order valence-electron chi connectivity index (χ3n) is 2.53. The molecule has 0 saturated heterocycles.